The van der Waals surface area contributed by atoms with E-state index in [4.69, 9.17) is 5.73 Å². The Morgan fingerprint density at radius 3 is 2.40 bits per heavy atom. The topological polar surface area (TPSA) is 78.7 Å². The average Bonchev–Trinajstić information content (AvgIpc) is 2.52. The van der Waals surface area contributed by atoms with Gasteiger partial charge in [-0.05, 0) is 59.7 Å². The summed E-state index contributed by atoms with van der Waals surface area (Å²) < 4.78 is 28.9. The zero-order chi connectivity index (χ0) is 15.2. The fourth-order valence-electron chi connectivity index (χ4n) is 2.34. The second-order valence-corrected chi connectivity index (χ2v) is 8.12. The van der Waals surface area contributed by atoms with Crippen molar-refractivity contribution < 1.29 is 8.42 Å². The predicted octanol–water partition coefficient (Wildman–Crippen LogP) is 0.366. The van der Waals surface area contributed by atoms with E-state index in [-0.39, 0.29) is 0 Å². The molecule has 0 amide bonds. The summed E-state index contributed by atoms with van der Waals surface area (Å²) in [6.45, 7) is 10.3. The first-order valence-electron chi connectivity index (χ1n) is 7.46. The summed E-state index contributed by atoms with van der Waals surface area (Å²) in [6, 6.07) is 0. The Morgan fingerprint density at radius 2 is 1.80 bits per heavy atom. The highest BCUT2D eigenvalue weighted by molar-refractivity contribution is 7.87. The summed E-state index contributed by atoms with van der Waals surface area (Å²) >= 11 is 0. The van der Waals surface area contributed by atoms with Crippen LogP contribution in [0.2, 0.25) is 0 Å². The minimum atomic E-state index is -3.38. The van der Waals surface area contributed by atoms with Gasteiger partial charge >= 0.3 is 0 Å². The zero-order valence-electron chi connectivity index (χ0n) is 13.1. The first-order chi connectivity index (χ1) is 9.24. The van der Waals surface area contributed by atoms with E-state index < -0.39 is 15.7 Å². The van der Waals surface area contributed by atoms with Crippen molar-refractivity contribution in [3.8, 4) is 0 Å². The Balaban J connectivity index is 2.51. The molecule has 0 bridgehead atoms. The van der Waals surface area contributed by atoms with Crippen molar-refractivity contribution in [2.75, 3.05) is 39.3 Å². The molecule has 1 heterocycles. The van der Waals surface area contributed by atoms with Gasteiger partial charge in [0.05, 0.1) is 0 Å². The molecule has 20 heavy (non-hydrogen) atoms. The maximum atomic E-state index is 12.3. The molecule has 6 nitrogen and oxygen atoms in total. The van der Waals surface area contributed by atoms with Gasteiger partial charge in [0.2, 0.25) is 0 Å². The molecule has 0 spiro atoms. The molecule has 1 aliphatic rings. The monoisotopic (exact) mass is 306 g/mol. The smallest absolute Gasteiger partial charge is 0.279 e. The maximum Gasteiger partial charge on any atom is 0.279 e. The van der Waals surface area contributed by atoms with Crippen LogP contribution >= 0.6 is 0 Å². The van der Waals surface area contributed by atoms with Crippen LogP contribution in [0.1, 0.15) is 40.0 Å². The molecule has 7 heteroatoms. The third-order valence-corrected chi connectivity index (χ3v) is 5.17. The lowest BCUT2D eigenvalue weighted by atomic mass is 10.1. The molecule has 0 atom stereocenters. The molecule has 0 radical (unpaired) electrons. The number of hydrogen-bond donors (Lipinski definition) is 2. The van der Waals surface area contributed by atoms with Gasteiger partial charge in [0.25, 0.3) is 10.2 Å². The summed E-state index contributed by atoms with van der Waals surface area (Å²) in [7, 11) is -3.38. The summed E-state index contributed by atoms with van der Waals surface area (Å²) in [5, 5.41) is 0. The van der Waals surface area contributed by atoms with Crippen molar-refractivity contribution in [3.63, 3.8) is 0 Å². The third kappa shape index (κ3) is 6.49. The Bertz CT molecular complexity index is 378. The van der Waals surface area contributed by atoms with Gasteiger partial charge < -0.3 is 10.6 Å². The van der Waals surface area contributed by atoms with E-state index in [1.165, 1.54) is 0 Å². The highest BCUT2D eigenvalue weighted by Crippen LogP contribution is 2.11. The average molecular weight is 306 g/mol. The van der Waals surface area contributed by atoms with Crippen molar-refractivity contribution >= 4 is 10.2 Å². The zero-order valence-corrected chi connectivity index (χ0v) is 13.9. The van der Waals surface area contributed by atoms with Crippen LogP contribution in [0.3, 0.4) is 0 Å². The highest BCUT2D eigenvalue weighted by atomic mass is 32.2. The molecule has 0 aromatic heterocycles. The van der Waals surface area contributed by atoms with Crippen molar-refractivity contribution in [1.82, 2.24) is 13.9 Å². The van der Waals surface area contributed by atoms with Gasteiger partial charge in [-0.2, -0.15) is 17.4 Å². The summed E-state index contributed by atoms with van der Waals surface area (Å²) in [5.41, 5.74) is 5.06. The number of unbranched alkanes of at least 4 members (excludes halogenated alkanes) is 1. The van der Waals surface area contributed by atoms with Crippen molar-refractivity contribution in [3.05, 3.63) is 0 Å². The maximum absolute atomic E-state index is 12.3. The van der Waals surface area contributed by atoms with Gasteiger partial charge in [0, 0.05) is 25.2 Å². The van der Waals surface area contributed by atoms with Crippen LogP contribution in [0.4, 0.5) is 0 Å². The van der Waals surface area contributed by atoms with E-state index in [9.17, 15) is 8.42 Å². The largest absolute Gasteiger partial charge is 0.330 e. The van der Waals surface area contributed by atoms with E-state index >= 15 is 0 Å². The minimum absolute atomic E-state index is 0.439. The quantitative estimate of drug-likeness (QED) is 0.695. The van der Waals surface area contributed by atoms with Gasteiger partial charge in [-0.1, -0.05) is 0 Å². The fourth-order valence-corrected chi connectivity index (χ4v) is 3.94. The molecule has 3 N–H and O–H groups in total. The van der Waals surface area contributed by atoms with E-state index in [2.05, 4.69) is 9.62 Å². The first-order valence-corrected chi connectivity index (χ1v) is 8.90. The van der Waals surface area contributed by atoms with Crippen molar-refractivity contribution in [2.24, 2.45) is 5.73 Å². The Morgan fingerprint density at radius 1 is 1.10 bits per heavy atom. The number of nitrogens with one attached hydrogen (secondary N) is 1. The van der Waals surface area contributed by atoms with Gasteiger partial charge in [0.1, 0.15) is 0 Å². The molecular formula is C13H30N4O2S. The van der Waals surface area contributed by atoms with Gasteiger partial charge in [-0.15, -0.1) is 0 Å². The lowest BCUT2D eigenvalue weighted by Crippen LogP contribution is -2.49. The standard InChI is InChI=1S/C13H30N4O2S/c1-13(2,3)15-20(18,19)17-10-6-9-16(11-12-17)8-5-4-7-14/h15H,4-12,14H2,1-3H3. The second kappa shape index (κ2) is 7.70. The van der Waals surface area contributed by atoms with Gasteiger partial charge in [-0.3, -0.25) is 0 Å². The molecule has 1 aliphatic heterocycles. The molecule has 1 fully saturated rings. The van der Waals surface area contributed by atoms with Crippen LogP contribution < -0.4 is 10.5 Å². The predicted molar refractivity (Wildman–Crippen MR) is 82.7 cm³/mol. The lowest BCUT2D eigenvalue weighted by molar-refractivity contribution is 0.280. The fraction of sp³-hybridized carbons (Fsp3) is 1.00. The molecule has 120 valence electrons. The van der Waals surface area contributed by atoms with Crippen molar-refractivity contribution in [1.29, 1.82) is 0 Å². The number of nitrogens with zero attached hydrogens (tertiary/aromatic N) is 2. The normalized spacial score (nSPS) is 20.0. The van der Waals surface area contributed by atoms with Gasteiger partial charge in [0.15, 0.2) is 0 Å². The Labute approximate surface area is 123 Å². The molecule has 0 aromatic carbocycles. The first kappa shape index (κ1) is 17.8. The highest BCUT2D eigenvalue weighted by Gasteiger charge is 2.28. The molecule has 0 aromatic rings. The summed E-state index contributed by atoms with van der Waals surface area (Å²) in [4.78, 5) is 2.34. The second-order valence-electron chi connectivity index (χ2n) is 6.45. The Hall–Kier alpha value is -0.210. The summed E-state index contributed by atoms with van der Waals surface area (Å²) in [5.74, 6) is 0. The van der Waals surface area contributed by atoms with E-state index in [1.54, 1.807) is 4.31 Å². The molecule has 1 saturated heterocycles. The van der Waals surface area contributed by atoms with E-state index in [0.29, 0.717) is 13.1 Å². The summed E-state index contributed by atoms with van der Waals surface area (Å²) in [6.07, 6.45) is 3.00. The van der Waals surface area contributed by atoms with Crippen LogP contribution in [-0.2, 0) is 10.2 Å². The van der Waals surface area contributed by atoms with Crippen LogP contribution in [0.25, 0.3) is 0 Å². The number of rotatable bonds is 6. The minimum Gasteiger partial charge on any atom is -0.330 e. The van der Waals surface area contributed by atoms with Crippen LogP contribution in [0.5, 0.6) is 0 Å². The van der Waals surface area contributed by atoms with E-state index in [1.807, 2.05) is 20.8 Å². The number of hydrogen-bond acceptors (Lipinski definition) is 4. The van der Waals surface area contributed by atoms with Crippen LogP contribution in [-0.4, -0.2) is 62.4 Å². The van der Waals surface area contributed by atoms with Crippen LogP contribution in [0, 0.1) is 0 Å². The van der Waals surface area contributed by atoms with Crippen molar-refractivity contribution in [2.45, 2.75) is 45.6 Å². The molecule has 0 aliphatic carbocycles. The molecule has 0 saturated carbocycles. The van der Waals surface area contributed by atoms with Gasteiger partial charge in [-0.25, -0.2) is 0 Å². The molecule has 0 unspecified atom stereocenters. The molecular weight excluding hydrogens is 276 g/mol. The third-order valence-electron chi connectivity index (χ3n) is 3.25. The number of nitrogens with two attached hydrogens (primary N) is 1. The SMILES string of the molecule is CC(C)(C)NS(=O)(=O)N1CCCN(CCCCN)CC1. The van der Waals surface area contributed by atoms with Crippen LogP contribution in [0.15, 0.2) is 0 Å². The molecule has 1 rings (SSSR count). The lowest BCUT2D eigenvalue weighted by Gasteiger charge is -2.27. The van der Waals surface area contributed by atoms with E-state index in [0.717, 1.165) is 45.4 Å². The Kier molecular flexibility index (Phi) is 6.87.